The Morgan fingerprint density at radius 3 is 2.44 bits per heavy atom. The van der Waals surface area contributed by atoms with Gasteiger partial charge in [-0.1, -0.05) is 6.92 Å². The molecule has 0 aromatic rings. The van der Waals surface area contributed by atoms with E-state index in [-0.39, 0.29) is 0 Å². The lowest BCUT2D eigenvalue weighted by Crippen LogP contribution is -2.45. The van der Waals surface area contributed by atoms with Crippen molar-refractivity contribution in [3.05, 3.63) is 0 Å². The topological polar surface area (TPSA) is 35.9 Å². The van der Waals surface area contributed by atoms with Gasteiger partial charge in [-0.15, -0.1) is 0 Å². The third-order valence-corrected chi connectivity index (χ3v) is 2.89. The Morgan fingerprint density at radius 1 is 1.31 bits per heavy atom. The maximum atomic E-state index is 9.78. The molecule has 0 spiro atoms. The van der Waals surface area contributed by atoms with Gasteiger partial charge in [0.1, 0.15) is 0 Å². The molecule has 0 saturated carbocycles. The van der Waals surface area contributed by atoms with Crippen molar-refractivity contribution < 1.29 is 9.84 Å². The summed E-state index contributed by atoms with van der Waals surface area (Å²) in [7, 11) is 0. The third-order valence-electron chi connectivity index (χ3n) is 2.89. The third kappa shape index (κ3) is 5.80. The van der Waals surface area contributed by atoms with Gasteiger partial charge in [-0.3, -0.25) is 9.80 Å². The lowest BCUT2D eigenvalue weighted by atomic mass is 10.1. The molecule has 1 rings (SSSR count). The van der Waals surface area contributed by atoms with Crippen molar-refractivity contribution in [2.24, 2.45) is 0 Å². The van der Waals surface area contributed by atoms with Gasteiger partial charge >= 0.3 is 0 Å². The number of morpholine rings is 1. The van der Waals surface area contributed by atoms with Crippen molar-refractivity contribution in [3.8, 4) is 0 Å². The molecule has 1 fully saturated rings. The van der Waals surface area contributed by atoms with E-state index >= 15 is 0 Å². The van der Waals surface area contributed by atoms with Crippen LogP contribution in [0.15, 0.2) is 0 Å². The molecule has 16 heavy (non-hydrogen) atoms. The lowest BCUT2D eigenvalue weighted by Gasteiger charge is -2.32. The van der Waals surface area contributed by atoms with Crippen LogP contribution in [0.3, 0.4) is 0 Å². The van der Waals surface area contributed by atoms with Crippen LogP contribution in [0.25, 0.3) is 0 Å². The molecule has 1 heterocycles. The van der Waals surface area contributed by atoms with Gasteiger partial charge in [0, 0.05) is 32.7 Å². The molecule has 1 N–H and O–H groups in total. The van der Waals surface area contributed by atoms with Gasteiger partial charge in [-0.25, -0.2) is 0 Å². The summed E-state index contributed by atoms with van der Waals surface area (Å²) in [5.74, 6) is 0. The summed E-state index contributed by atoms with van der Waals surface area (Å²) in [4.78, 5) is 4.73. The van der Waals surface area contributed by atoms with Crippen molar-refractivity contribution in [3.63, 3.8) is 0 Å². The number of ether oxygens (including phenoxy) is 1. The summed E-state index contributed by atoms with van der Waals surface area (Å²) in [5, 5.41) is 9.78. The summed E-state index contributed by atoms with van der Waals surface area (Å²) in [6.45, 7) is 13.5. The molecule has 0 atom stereocenters. The van der Waals surface area contributed by atoms with Crippen molar-refractivity contribution in [2.75, 3.05) is 52.5 Å². The van der Waals surface area contributed by atoms with E-state index in [0.717, 1.165) is 52.5 Å². The first-order valence-electron chi connectivity index (χ1n) is 6.26. The highest BCUT2D eigenvalue weighted by Gasteiger charge is 2.18. The first-order chi connectivity index (χ1) is 7.51. The lowest BCUT2D eigenvalue weighted by molar-refractivity contribution is 0.0171. The summed E-state index contributed by atoms with van der Waals surface area (Å²) in [6.07, 6.45) is 0. The van der Waals surface area contributed by atoms with Crippen molar-refractivity contribution >= 4 is 0 Å². The van der Waals surface area contributed by atoms with Gasteiger partial charge in [0.15, 0.2) is 0 Å². The number of likely N-dealkylation sites (N-methyl/N-ethyl adjacent to an activating group) is 1. The van der Waals surface area contributed by atoms with Crippen LogP contribution in [-0.2, 0) is 4.74 Å². The van der Waals surface area contributed by atoms with Crippen LogP contribution in [0.5, 0.6) is 0 Å². The monoisotopic (exact) mass is 230 g/mol. The fourth-order valence-electron chi connectivity index (χ4n) is 2.00. The smallest absolute Gasteiger partial charge is 0.0718 e. The Bertz CT molecular complexity index is 186. The van der Waals surface area contributed by atoms with E-state index in [9.17, 15) is 5.11 Å². The SMILES string of the molecule is CCN(CCN1CCOCC1)CC(C)(C)O. The predicted molar refractivity (Wildman–Crippen MR) is 65.7 cm³/mol. The second-order valence-electron chi connectivity index (χ2n) is 5.14. The zero-order chi connectivity index (χ0) is 12.0. The molecule has 1 saturated heterocycles. The van der Waals surface area contributed by atoms with E-state index in [4.69, 9.17) is 4.74 Å². The van der Waals surface area contributed by atoms with Gasteiger partial charge in [0.25, 0.3) is 0 Å². The molecule has 96 valence electrons. The van der Waals surface area contributed by atoms with Crippen LogP contribution >= 0.6 is 0 Å². The van der Waals surface area contributed by atoms with E-state index in [0.29, 0.717) is 0 Å². The van der Waals surface area contributed by atoms with E-state index in [1.807, 2.05) is 13.8 Å². The second kappa shape index (κ2) is 6.55. The molecule has 0 radical (unpaired) electrons. The van der Waals surface area contributed by atoms with E-state index in [1.54, 1.807) is 0 Å². The maximum absolute atomic E-state index is 9.78. The van der Waals surface area contributed by atoms with Crippen LogP contribution in [-0.4, -0.2) is 73.0 Å². The second-order valence-corrected chi connectivity index (χ2v) is 5.14. The molecule has 1 aliphatic heterocycles. The van der Waals surface area contributed by atoms with Crippen LogP contribution in [0, 0.1) is 0 Å². The molecule has 0 unspecified atom stereocenters. The van der Waals surface area contributed by atoms with E-state index in [2.05, 4.69) is 16.7 Å². The zero-order valence-electron chi connectivity index (χ0n) is 10.9. The highest BCUT2D eigenvalue weighted by atomic mass is 16.5. The minimum absolute atomic E-state index is 0.596. The van der Waals surface area contributed by atoms with Crippen LogP contribution < -0.4 is 0 Å². The highest BCUT2D eigenvalue weighted by molar-refractivity contribution is 4.73. The van der Waals surface area contributed by atoms with Crippen LogP contribution in [0.1, 0.15) is 20.8 Å². The average molecular weight is 230 g/mol. The number of aliphatic hydroxyl groups is 1. The number of hydrogen-bond acceptors (Lipinski definition) is 4. The van der Waals surface area contributed by atoms with Crippen molar-refractivity contribution in [2.45, 2.75) is 26.4 Å². The predicted octanol–water partition coefficient (Wildman–Crippen LogP) is 0.411. The molecule has 1 aliphatic rings. The summed E-state index contributed by atoms with van der Waals surface area (Å²) >= 11 is 0. The fourth-order valence-corrected chi connectivity index (χ4v) is 2.00. The maximum Gasteiger partial charge on any atom is 0.0718 e. The molecular formula is C12H26N2O2. The normalized spacial score (nSPS) is 19.3. The Labute approximate surface area is 99.2 Å². The summed E-state index contributed by atoms with van der Waals surface area (Å²) < 4.78 is 5.32. The quantitative estimate of drug-likeness (QED) is 0.717. The van der Waals surface area contributed by atoms with Gasteiger partial charge < -0.3 is 9.84 Å². The largest absolute Gasteiger partial charge is 0.389 e. The van der Waals surface area contributed by atoms with Gasteiger partial charge in [-0.2, -0.15) is 0 Å². The first-order valence-corrected chi connectivity index (χ1v) is 6.26. The number of rotatable bonds is 6. The standard InChI is InChI=1S/C12H26N2O2/c1-4-13(11-12(2,3)15)5-6-14-7-9-16-10-8-14/h15H,4-11H2,1-3H3. The van der Waals surface area contributed by atoms with Crippen molar-refractivity contribution in [1.29, 1.82) is 0 Å². The van der Waals surface area contributed by atoms with Gasteiger partial charge in [-0.05, 0) is 20.4 Å². The molecule has 4 heteroatoms. The molecule has 4 nitrogen and oxygen atoms in total. The highest BCUT2D eigenvalue weighted by Crippen LogP contribution is 2.05. The molecule has 0 bridgehead atoms. The van der Waals surface area contributed by atoms with Crippen LogP contribution in [0.2, 0.25) is 0 Å². The number of nitrogens with zero attached hydrogens (tertiary/aromatic N) is 2. The van der Waals surface area contributed by atoms with Gasteiger partial charge in [0.05, 0.1) is 18.8 Å². The minimum atomic E-state index is -0.596. The Morgan fingerprint density at radius 2 is 1.94 bits per heavy atom. The molecule has 0 aromatic carbocycles. The van der Waals surface area contributed by atoms with E-state index < -0.39 is 5.60 Å². The molecule has 0 aliphatic carbocycles. The fraction of sp³-hybridized carbons (Fsp3) is 1.00. The van der Waals surface area contributed by atoms with Gasteiger partial charge in [0.2, 0.25) is 0 Å². The number of hydrogen-bond donors (Lipinski definition) is 1. The average Bonchev–Trinajstić information content (AvgIpc) is 2.24. The zero-order valence-corrected chi connectivity index (χ0v) is 10.9. The first kappa shape index (κ1) is 13.9. The molecule has 0 amide bonds. The van der Waals surface area contributed by atoms with E-state index in [1.165, 1.54) is 0 Å². The minimum Gasteiger partial charge on any atom is -0.389 e. The summed E-state index contributed by atoms with van der Waals surface area (Å²) in [5.41, 5.74) is -0.596. The van der Waals surface area contributed by atoms with Crippen LogP contribution in [0.4, 0.5) is 0 Å². The summed E-state index contributed by atoms with van der Waals surface area (Å²) in [6, 6.07) is 0. The van der Waals surface area contributed by atoms with Crippen molar-refractivity contribution in [1.82, 2.24) is 9.80 Å². The Kier molecular flexibility index (Phi) is 5.69. The Balaban J connectivity index is 2.22. The molecule has 0 aromatic heterocycles. The Hall–Kier alpha value is -0.160. The molecular weight excluding hydrogens is 204 g/mol.